The smallest absolute Gasteiger partial charge is 0.306 e. The molecule has 43 heavy (non-hydrogen) atoms. The average molecular weight is 607 g/mol. The summed E-state index contributed by atoms with van der Waals surface area (Å²) in [5, 5.41) is 8.68. The van der Waals surface area contributed by atoms with Crippen molar-refractivity contribution in [3.8, 4) is 0 Å². The summed E-state index contributed by atoms with van der Waals surface area (Å²) in [5.41, 5.74) is 0. The lowest BCUT2D eigenvalue weighted by Crippen LogP contribution is -2.18. The zero-order valence-corrected chi connectivity index (χ0v) is 29.0. The number of hydrogen-bond acceptors (Lipinski definition) is 3. The Morgan fingerprint density at radius 3 is 1.33 bits per heavy atom. The van der Waals surface area contributed by atoms with Gasteiger partial charge in [-0.2, -0.15) is 0 Å². The first-order valence-corrected chi connectivity index (χ1v) is 19.2. The van der Waals surface area contributed by atoms with Crippen molar-refractivity contribution in [2.75, 3.05) is 0 Å². The third-order valence-electron chi connectivity index (χ3n) is 8.72. The molecule has 0 radical (unpaired) electrons. The van der Waals surface area contributed by atoms with E-state index in [9.17, 15) is 9.59 Å². The first kappa shape index (κ1) is 41.7. The number of hydrogen-bond donors (Lipinski definition) is 1. The Morgan fingerprint density at radius 2 is 0.884 bits per heavy atom. The van der Waals surface area contributed by atoms with Gasteiger partial charge in [-0.3, -0.25) is 9.59 Å². The molecule has 4 heteroatoms. The van der Waals surface area contributed by atoms with Crippen molar-refractivity contribution in [1.82, 2.24) is 0 Å². The normalized spacial score (nSPS) is 12.2. The lowest BCUT2D eigenvalue weighted by Gasteiger charge is -2.17. The molecule has 0 saturated carbocycles. The first-order valence-electron chi connectivity index (χ1n) is 19.2. The minimum absolute atomic E-state index is 0.00751. The number of carbonyl (C=O) groups is 2. The van der Waals surface area contributed by atoms with Gasteiger partial charge in [0.05, 0.1) is 0 Å². The van der Waals surface area contributed by atoms with Gasteiger partial charge < -0.3 is 9.84 Å². The quantitative estimate of drug-likeness (QED) is 0.0443. The summed E-state index contributed by atoms with van der Waals surface area (Å²) in [6.45, 7) is 4.45. The van der Waals surface area contributed by atoms with Crippen LogP contribution < -0.4 is 0 Å². The summed E-state index contributed by atoms with van der Waals surface area (Å²) in [4.78, 5) is 22.9. The molecule has 0 aliphatic heterocycles. The van der Waals surface area contributed by atoms with Crippen LogP contribution in [0.4, 0.5) is 0 Å². The Labute approximate surface area is 268 Å². The highest BCUT2D eigenvalue weighted by molar-refractivity contribution is 5.69. The largest absolute Gasteiger partial charge is 0.481 e. The van der Waals surface area contributed by atoms with Gasteiger partial charge in [-0.25, -0.2) is 0 Å². The van der Waals surface area contributed by atoms with Crippen LogP contribution in [-0.2, 0) is 14.3 Å². The third-order valence-corrected chi connectivity index (χ3v) is 8.72. The van der Waals surface area contributed by atoms with Crippen molar-refractivity contribution >= 4 is 11.9 Å². The van der Waals surface area contributed by atoms with Crippen LogP contribution in [0, 0.1) is 0 Å². The van der Waals surface area contributed by atoms with Gasteiger partial charge in [-0.1, -0.05) is 161 Å². The highest BCUT2D eigenvalue weighted by Crippen LogP contribution is 2.17. The van der Waals surface area contributed by atoms with Crippen molar-refractivity contribution in [2.24, 2.45) is 0 Å². The topological polar surface area (TPSA) is 63.6 Å². The summed E-state index contributed by atoms with van der Waals surface area (Å²) < 4.78 is 5.84. The van der Waals surface area contributed by atoms with Crippen LogP contribution in [0.15, 0.2) is 12.2 Å². The predicted octanol–water partition coefficient (Wildman–Crippen LogP) is 13.1. The predicted molar refractivity (Wildman–Crippen MR) is 186 cm³/mol. The van der Waals surface area contributed by atoms with Gasteiger partial charge in [0.25, 0.3) is 0 Å². The summed E-state index contributed by atoms with van der Waals surface area (Å²) in [5.74, 6) is -0.676. The van der Waals surface area contributed by atoms with Gasteiger partial charge in [0.2, 0.25) is 0 Å². The van der Waals surface area contributed by atoms with Gasteiger partial charge >= 0.3 is 11.9 Å². The summed E-state index contributed by atoms with van der Waals surface area (Å²) in [7, 11) is 0. The van der Waals surface area contributed by atoms with Gasteiger partial charge in [-0.15, -0.1) is 0 Å². The summed E-state index contributed by atoms with van der Waals surface area (Å²) in [6, 6.07) is 0. The number of carboxylic acids is 1. The zero-order chi connectivity index (χ0) is 31.5. The fraction of sp³-hybridized carbons (Fsp3) is 0.897. The van der Waals surface area contributed by atoms with Gasteiger partial charge in [0.15, 0.2) is 0 Å². The Morgan fingerprint density at radius 1 is 0.488 bits per heavy atom. The number of unbranched alkanes of at least 4 members (excludes halogenated alkanes) is 24. The third kappa shape index (κ3) is 35.0. The molecule has 0 aromatic heterocycles. The van der Waals surface area contributed by atoms with Crippen molar-refractivity contribution in [3.63, 3.8) is 0 Å². The summed E-state index contributed by atoms with van der Waals surface area (Å²) in [6.07, 6.45) is 43.0. The summed E-state index contributed by atoms with van der Waals surface area (Å²) >= 11 is 0. The van der Waals surface area contributed by atoms with E-state index in [0.717, 1.165) is 57.8 Å². The number of carboxylic acid groups (broad SMARTS) is 1. The molecule has 0 saturated heterocycles. The molecule has 0 aromatic carbocycles. The minimum atomic E-state index is -0.683. The van der Waals surface area contributed by atoms with Crippen LogP contribution in [0.5, 0.6) is 0 Å². The van der Waals surface area contributed by atoms with Gasteiger partial charge in [-0.05, 0) is 57.8 Å². The van der Waals surface area contributed by atoms with Crippen molar-refractivity contribution in [1.29, 1.82) is 0 Å². The molecular formula is C39H74O4. The van der Waals surface area contributed by atoms with Crippen LogP contribution in [0.2, 0.25) is 0 Å². The maximum Gasteiger partial charge on any atom is 0.306 e. The fourth-order valence-electron chi connectivity index (χ4n) is 5.94. The molecule has 0 heterocycles. The molecule has 1 N–H and O–H groups in total. The first-order chi connectivity index (χ1) is 21.1. The van der Waals surface area contributed by atoms with Crippen LogP contribution in [0.1, 0.15) is 219 Å². The van der Waals surface area contributed by atoms with Crippen LogP contribution in [-0.4, -0.2) is 23.1 Å². The van der Waals surface area contributed by atoms with Gasteiger partial charge in [0.1, 0.15) is 6.10 Å². The lowest BCUT2D eigenvalue weighted by atomic mass is 10.0. The Kier molecular flexibility index (Phi) is 34.1. The monoisotopic (exact) mass is 607 g/mol. The maximum absolute atomic E-state index is 12.4. The molecule has 0 aromatic rings. The van der Waals surface area contributed by atoms with E-state index >= 15 is 0 Å². The van der Waals surface area contributed by atoms with E-state index in [0.29, 0.717) is 12.8 Å². The number of ether oxygens (including phenoxy) is 1. The number of aliphatic carboxylic acids is 1. The van der Waals surface area contributed by atoms with E-state index in [1.807, 2.05) is 0 Å². The molecular weight excluding hydrogens is 532 g/mol. The van der Waals surface area contributed by atoms with Crippen molar-refractivity contribution < 1.29 is 19.4 Å². The van der Waals surface area contributed by atoms with E-state index in [2.05, 4.69) is 26.0 Å². The highest BCUT2D eigenvalue weighted by Gasteiger charge is 2.13. The van der Waals surface area contributed by atoms with Crippen LogP contribution >= 0.6 is 0 Å². The standard InChI is InChI=1S/C39H74O4/c1-3-5-6-7-8-9-10-11-12-13-14-15-16-17-18-19-20-21-26-29-32-36-39(42)43-37(33-4-2)34-30-27-24-22-23-25-28-31-35-38(40)41/h11-12,37H,3-10,13-36H2,1-2H3,(H,40,41)/b12-11-. The van der Waals surface area contributed by atoms with Crippen molar-refractivity contribution in [3.05, 3.63) is 12.2 Å². The number of esters is 1. The SMILES string of the molecule is CCCCCCCC/C=C\CCCCCCCCCCCCCC(=O)OC(CCC)CCCCCCCCCCC(=O)O. The molecule has 0 aliphatic rings. The average Bonchev–Trinajstić information content (AvgIpc) is 2.98. The lowest BCUT2D eigenvalue weighted by molar-refractivity contribution is -0.150. The zero-order valence-electron chi connectivity index (χ0n) is 29.0. The van der Waals surface area contributed by atoms with Crippen LogP contribution in [0.3, 0.4) is 0 Å². The van der Waals surface area contributed by atoms with Gasteiger partial charge in [0, 0.05) is 12.8 Å². The minimum Gasteiger partial charge on any atom is -0.481 e. The second kappa shape index (κ2) is 35.2. The Balaban J connectivity index is 3.48. The second-order valence-corrected chi connectivity index (χ2v) is 13.1. The number of rotatable bonds is 35. The maximum atomic E-state index is 12.4. The Bertz CT molecular complexity index is 614. The van der Waals surface area contributed by atoms with E-state index in [4.69, 9.17) is 9.84 Å². The van der Waals surface area contributed by atoms with E-state index in [1.54, 1.807) is 0 Å². The highest BCUT2D eigenvalue weighted by atomic mass is 16.5. The Hall–Kier alpha value is -1.32. The number of allylic oxidation sites excluding steroid dienone is 2. The molecule has 254 valence electrons. The molecule has 1 atom stereocenters. The van der Waals surface area contributed by atoms with E-state index in [1.165, 1.54) is 135 Å². The molecule has 0 spiro atoms. The molecule has 0 amide bonds. The molecule has 0 rings (SSSR count). The fourth-order valence-corrected chi connectivity index (χ4v) is 5.94. The molecule has 4 nitrogen and oxygen atoms in total. The molecule has 0 aliphatic carbocycles. The molecule has 0 fully saturated rings. The second-order valence-electron chi connectivity index (χ2n) is 13.1. The molecule has 1 unspecified atom stereocenters. The van der Waals surface area contributed by atoms with E-state index < -0.39 is 5.97 Å². The van der Waals surface area contributed by atoms with Crippen LogP contribution in [0.25, 0.3) is 0 Å². The van der Waals surface area contributed by atoms with Crippen molar-refractivity contribution in [2.45, 2.75) is 225 Å². The molecule has 0 bridgehead atoms. The van der Waals surface area contributed by atoms with E-state index in [-0.39, 0.29) is 12.1 Å². The number of carbonyl (C=O) groups excluding carboxylic acids is 1.